The fourth-order valence-electron chi connectivity index (χ4n) is 2.23. The van der Waals surface area contributed by atoms with Crippen LogP contribution in [0.25, 0.3) is 10.8 Å². The number of benzene rings is 2. The zero-order valence-corrected chi connectivity index (χ0v) is 9.80. The first kappa shape index (κ1) is 10.1. The van der Waals surface area contributed by atoms with Crippen molar-refractivity contribution in [3.05, 3.63) is 66.2 Å². The van der Waals surface area contributed by atoms with E-state index >= 15 is 0 Å². The first-order valence-electron chi connectivity index (χ1n) is 5.77. The molecular formula is C15H14N2. The Labute approximate surface area is 101 Å². The van der Waals surface area contributed by atoms with Crippen LogP contribution >= 0.6 is 0 Å². The molecule has 1 heterocycles. The molecule has 2 nitrogen and oxygen atoms in total. The molecule has 0 spiro atoms. The first-order chi connectivity index (χ1) is 8.34. The SMILES string of the molecule is Cc1ccc(Cn2ccnc2)c2ccccc12. The van der Waals surface area contributed by atoms with Crippen LogP contribution in [-0.4, -0.2) is 9.55 Å². The second-order valence-corrected chi connectivity index (χ2v) is 4.32. The molecule has 0 unspecified atom stereocenters. The summed E-state index contributed by atoms with van der Waals surface area (Å²) in [6.45, 7) is 3.03. The zero-order valence-electron chi connectivity index (χ0n) is 9.80. The number of aryl methyl sites for hydroxylation is 1. The number of nitrogens with zero attached hydrogens (tertiary/aromatic N) is 2. The maximum atomic E-state index is 4.08. The summed E-state index contributed by atoms with van der Waals surface area (Å²) in [6.07, 6.45) is 5.67. The molecule has 0 aliphatic heterocycles. The van der Waals surface area contributed by atoms with Crippen LogP contribution in [0.4, 0.5) is 0 Å². The molecule has 0 saturated carbocycles. The molecule has 0 amide bonds. The highest BCUT2D eigenvalue weighted by atomic mass is 15.0. The Balaban J connectivity index is 2.14. The Morgan fingerprint density at radius 2 is 1.88 bits per heavy atom. The van der Waals surface area contributed by atoms with E-state index in [0.29, 0.717) is 0 Å². The second-order valence-electron chi connectivity index (χ2n) is 4.32. The van der Waals surface area contributed by atoms with Gasteiger partial charge in [0.15, 0.2) is 0 Å². The van der Waals surface area contributed by atoms with Crippen LogP contribution in [0.1, 0.15) is 11.1 Å². The molecule has 0 fully saturated rings. The predicted molar refractivity (Wildman–Crippen MR) is 70.0 cm³/mol. The van der Waals surface area contributed by atoms with Crippen molar-refractivity contribution in [3.8, 4) is 0 Å². The number of imidazole rings is 1. The van der Waals surface area contributed by atoms with Gasteiger partial charge >= 0.3 is 0 Å². The summed E-state index contributed by atoms with van der Waals surface area (Å²) in [5.74, 6) is 0. The molecule has 0 saturated heterocycles. The number of hydrogen-bond donors (Lipinski definition) is 0. The Morgan fingerprint density at radius 1 is 1.06 bits per heavy atom. The predicted octanol–water partition coefficient (Wildman–Crippen LogP) is 3.39. The van der Waals surface area contributed by atoms with E-state index in [-0.39, 0.29) is 0 Å². The lowest BCUT2D eigenvalue weighted by atomic mass is 10.0. The first-order valence-corrected chi connectivity index (χ1v) is 5.77. The minimum atomic E-state index is 0.876. The molecule has 0 bridgehead atoms. The van der Waals surface area contributed by atoms with Crippen molar-refractivity contribution < 1.29 is 0 Å². The van der Waals surface area contributed by atoms with Gasteiger partial charge in [-0.3, -0.25) is 0 Å². The lowest BCUT2D eigenvalue weighted by molar-refractivity contribution is 0.802. The van der Waals surface area contributed by atoms with Gasteiger partial charge in [-0.05, 0) is 28.8 Å². The molecule has 0 aliphatic rings. The van der Waals surface area contributed by atoms with Gasteiger partial charge < -0.3 is 4.57 Å². The third-order valence-electron chi connectivity index (χ3n) is 3.14. The fraction of sp³-hybridized carbons (Fsp3) is 0.133. The lowest BCUT2D eigenvalue weighted by Crippen LogP contribution is -1.97. The van der Waals surface area contributed by atoms with Crippen LogP contribution in [0.15, 0.2) is 55.1 Å². The summed E-state index contributed by atoms with van der Waals surface area (Å²) in [4.78, 5) is 4.08. The maximum Gasteiger partial charge on any atom is 0.0949 e. The Kier molecular flexibility index (Phi) is 2.41. The summed E-state index contributed by atoms with van der Waals surface area (Å²) in [5, 5.41) is 2.67. The Morgan fingerprint density at radius 3 is 2.65 bits per heavy atom. The summed E-state index contributed by atoms with van der Waals surface area (Å²) < 4.78 is 2.09. The highest BCUT2D eigenvalue weighted by Crippen LogP contribution is 2.22. The van der Waals surface area contributed by atoms with E-state index in [4.69, 9.17) is 0 Å². The van der Waals surface area contributed by atoms with Crippen molar-refractivity contribution in [2.75, 3.05) is 0 Å². The number of hydrogen-bond acceptors (Lipinski definition) is 1. The van der Waals surface area contributed by atoms with Gasteiger partial charge in [-0.1, -0.05) is 36.4 Å². The monoisotopic (exact) mass is 222 g/mol. The van der Waals surface area contributed by atoms with E-state index < -0.39 is 0 Å². The van der Waals surface area contributed by atoms with Crippen LogP contribution < -0.4 is 0 Å². The van der Waals surface area contributed by atoms with Gasteiger partial charge in [0.25, 0.3) is 0 Å². The Hall–Kier alpha value is -2.09. The smallest absolute Gasteiger partial charge is 0.0949 e. The molecule has 2 heteroatoms. The number of fused-ring (bicyclic) bond motifs is 1. The summed E-state index contributed by atoms with van der Waals surface area (Å²) in [6, 6.07) is 13.0. The lowest BCUT2D eigenvalue weighted by Gasteiger charge is -2.09. The van der Waals surface area contributed by atoms with Gasteiger partial charge in [0.05, 0.1) is 6.33 Å². The van der Waals surface area contributed by atoms with Crippen molar-refractivity contribution in [1.82, 2.24) is 9.55 Å². The van der Waals surface area contributed by atoms with Gasteiger partial charge in [-0.2, -0.15) is 0 Å². The van der Waals surface area contributed by atoms with E-state index in [1.165, 1.54) is 21.9 Å². The van der Waals surface area contributed by atoms with Crippen molar-refractivity contribution in [2.45, 2.75) is 13.5 Å². The summed E-state index contributed by atoms with van der Waals surface area (Å²) >= 11 is 0. The molecule has 0 atom stereocenters. The molecule has 84 valence electrons. The van der Waals surface area contributed by atoms with E-state index in [9.17, 15) is 0 Å². The standard InChI is InChI=1S/C15H14N2/c1-12-6-7-13(10-17-9-8-16-11-17)15-5-3-2-4-14(12)15/h2-9,11H,10H2,1H3. The molecule has 0 N–H and O–H groups in total. The van der Waals surface area contributed by atoms with Crippen LogP contribution in [-0.2, 0) is 6.54 Å². The van der Waals surface area contributed by atoms with Crippen LogP contribution in [0, 0.1) is 6.92 Å². The van der Waals surface area contributed by atoms with E-state index in [1.807, 2.05) is 18.7 Å². The van der Waals surface area contributed by atoms with Gasteiger partial charge in [0.2, 0.25) is 0 Å². The molecule has 3 aromatic rings. The third kappa shape index (κ3) is 1.82. The van der Waals surface area contributed by atoms with Gasteiger partial charge in [-0.15, -0.1) is 0 Å². The average Bonchev–Trinajstić information content (AvgIpc) is 2.86. The third-order valence-corrected chi connectivity index (χ3v) is 3.14. The molecule has 0 radical (unpaired) electrons. The highest BCUT2D eigenvalue weighted by Gasteiger charge is 2.03. The molecule has 2 aromatic carbocycles. The quantitative estimate of drug-likeness (QED) is 0.650. The summed E-state index contributed by atoms with van der Waals surface area (Å²) in [7, 11) is 0. The highest BCUT2D eigenvalue weighted by molar-refractivity contribution is 5.88. The van der Waals surface area contributed by atoms with Gasteiger partial charge in [0.1, 0.15) is 0 Å². The normalized spacial score (nSPS) is 10.9. The van der Waals surface area contributed by atoms with E-state index in [2.05, 4.69) is 52.9 Å². The van der Waals surface area contributed by atoms with Crippen molar-refractivity contribution in [3.63, 3.8) is 0 Å². The van der Waals surface area contributed by atoms with Crippen molar-refractivity contribution in [1.29, 1.82) is 0 Å². The minimum Gasteiger partial charge on any atom is -0.333 e. The second kappa shape index (κ2) is 4.06. The topological polar surface area (TPSA) is 17.8 Å². The number of aromatic nitrogens is 2. The summed E-state index contributed by atoms with van der Waals surface area (Å²) in [5.41, 5.74) is 2.67. The van der Waals surface area contributed by atoms with Gasteiger partial charge in [-0.25, -0.2) is 4.98 Å². The van der Waals surface area contributed by atoms with E-state index in [1.54, 1.807) is 0 Å². The maximum absolute atomic E-state index is 4.08. The number of rotatable bonds is 2. The average molecular weight is 222 g/mol. The fourth-order valence-corrected chi connectivity index (χ4v) is 2.23. The zero-order chi connectivity index (χ0) is 11.7. The van der Waals surface area contributed by atoms with Crippen LogP contribution in [0.2, 0.25) is 0 Å². The molecule has 1 aromatic heterocycles. The molecule has 3 rings (SSSR count). The molecule has 17 heavy (non-hydrogen) atoms. The van der Waals surface area contributed by atoms with Crippen LogP contribution in [0.5, 0.6) is 0 Å². The van der Waals surface area contributed by atoms with Gasteiger partial charge in [0, 0.05) is 18.9 Å². The van der Waals surface area contributed by atoms with E-state index in [0.717, 1.165) is 6.54 Å². The van der Waals surface area contributed by atoms with Crippen molar-refractivity contribution >= 4 is 10.8 Å². The Bertz CT molecular complexity index is 639. The molecule has 0 aliphatic carbocycles. The van der Waals surface area contributed by atoms with Crippen molar-refractivity contribution in [2.24, 2.45) is 0 Å². The molecular weight excluding hydrogens is 208 g/mol. The van der Waals surface area contributed by atoms with Crippen LogP contribution in [0.3, 0.4) is 0 Å². The largest absolute Gasteiger partial charge is 0.333 e. The minimum absolute atomic E-state index is 0.876.